The number of hydrogen-bond acceptors (Lipinski definition) is 4. The molecule has 1 aromatic rings. The Balaban J connectivity index is 2.15. The second kappa shape index (κ2) is 6.22. The summed E-state index contributed by atoms with van der Waals surface area (Å²) in [7, 11) is -1.97. The Labute approximate surface area is 137 Å². The molecule has 6 nitrogen and oxygen atoms in total. The Kier molecular flexibility index (Phi) is 4.84. The second-order valence-electron chi connectivity index (χ2n) is 6.64. The highest BCUT2D eigenvalue weighted by atomic mass is 32.2. The van der Waals surface area contributed by atoms with E-state index in [1.54, 1.807) is 19.2 Å². The van der Waals surface area contributed by atoms with Crippen molar-refractivity contribution in [3.05, 3.63) is 24.3 Å². The lowest BCUT2D eigenvalue weighted by atomic mass is 9.58. The van der Waals surface area contributed by atoms with Crippen LogP contribution >= 0.6 is 0 Å². The van der Waals surface area contributed by atoms with Gasteiger partial charge in [0.15, 0.2) is 0 Å². The maximum absolute atomic E-state index is 12.6. The highest BCUT2D eigenvalue weighted by Crippen LogP contribution is 2.47. The number of anilines is 1. The molecule has 2 N–H and O–H groups in total. The van der Waals surface area contributed by atoms with Gasteiger partial charge in [0.05, 0.1) is 11.0 Å². The first kappa shape index (κ1) is 17.9. The third-order valence-corrected chi connectivity index (χ3v) is 6.02. The van der Waals surface area contributed by atoms with Crippen molar-refractivity contribution in [2.75, 3.05) is 12.4 Å². The van der Waals surface area contributed by atoms with Gasteiger partial charge in [0.25, 0.3) is 0 Å². The topological polar surface area (TPSA) is 84.5 Å². The molecule has 1 aromatic carbocycles. The molecule has 0 aliphatic heterocycles. The molecule has 0 heterocycles. The summed E-state index contributed by atoms with van der Waals surface area (Å²) in [5.74, 6) is -0.0993. The van der Waals surface area contributed by atoms with Crippen LogP contribution in [0, 0.1) is 11.3 Å². The minimum atomic E-state index is -3.62. The molecular weight excluding hydrogens is 316 g/mol. The number of rotatable bonds is 5. The third-order valence-electron chi connectivity index (χ3n) is 4.56. The van der Waals surface area contributed by atoms with Crippen LogP contribution in [0.25, 0.3) is 0 Å². The van der Waals surface area contributed by atoms with Gasteiger partial charge in [0.2, 0.25) is 15.9 Å². The third kappa shape index (κ3) is 3.41. The normalized spacial score (nSPS) is 26.4. The number of carbonyl (C=O) groups excluding carboxylic acids is 1. The largest absolute Gasteiger partial charge is 0.380 e. The quantitative estimate of drug-likeness (QED) is 0.858. The summed E-state index contributed by atoms with van der Waals surface area (Å²) in [4.78, 5) is 11.2. The van der Waals surface area contributed by atoms with Crippen molar-refractivity contribution in [1.82, 2.24) is 4.72 Å². The molecular formula is C16H24N2O4S. The number of ether oxygens (including phenoxy) is 1. The molecule has 23 heavy (non-hydrogen) atoms. The van der Waals surface area contributed by atoms with E-state index in [1.807, 2.05) is 20.8 Å². The van der Waals surface area contributed by atoms with Crippen molar-refractivity contribution in [1.29, 1.82) is 0 Å². The first-order valence-corrected chi connectivity index (χ1v) is 9.00. The molecule has 0 spiro atoms. The molecule has 1 amide bonds. The summed E-state index contributed by atoms with van der Waals surface area (Å²) in [5.41, 5.74) is 0.297. The Hall–Kier alpha value is -1.44. The van der Waals surface area contributed by atoms with E-state index in [0.717, 1.165) is 0 Å². The molecule has 0 radical (unpaired) electrons. The fourth-order valence-corrected chi connectivity index (χ4v) is 5.00. The Morgan fingerprint density at radius 3 is 2.22 bits per heavy atom. The van der Waals surface area contributed by atoms with Crippen molar-refractivity contribution < 1.29 is 17.9 Å². The van der Waals surface area contributed by atoms with Crippen LogP contribution in [0.15, 0.2) is 29.2 Å². The molecule has 0 aromatic heterocycles. The number of amides is 1. The average Bonchev–Trinajstić information content (AvgIpc) is 2.45. The predicted octanol–water partition coefficient (Wildman–Crippen LogP) is 1.98. The molecule has 0 saturated heterocycles. The summed E-state index contributed by atoms with van der Waals surface area (Å²) in [6, 6.07) is 5.93. The van der Waals surface area contributed by atoms with Crippen molar-refractivity contribution >= 4 is 21.6 Å². The van der Waals surface area contributed by atoms with Crippen LogP contribution in [0.5, 0.6) is 0 Å². The summed E-state index contributed by atoms with van der Waals surface area (Å²) in [6.07, 6.45) is 0.0253. The summed E-state index contributed by atoms with van der Waals surface area (Å²) in [6.45, 7) is 7.37. The smallest absolute Gasteiger partial charge is 0.240 e. The zero-order chi connectivity index (χ0) is 17.4. The average molecular weight is 340 g/mol. The van der Waals surface area contributed by atoms with E-state index >= 15 is 0 Å². The maximum Gasteiger partial charge on any atom is 0.240 e. The SMILES string of the molecule is CO[C@@H]1[C@@H](C)[C@H](NS(=O)(=O)c2ccc(NC(C)=O)cc2)C1(C)C. The number of benzene rings is 1. The maximum atomic E-state index is 12.6. The number of hydrogen-bond donors (Lipinski definition) is 2. The lowest BCUT2D eigenvalue weighted by molar-refractivity contribution is -0.138. The lowest BCUT2D eigenvalue weighted by Crippen LogP contribution is -2.67. The van der Waals surface area contributed by atoms with Crippen LogP contribution < -0.4 is 10.0 Å². The first-order valence-electron chi connectivity index (χ1n) is 7.52. The lowest BCUT2D eigenvalue weighted by Gasteiger charge is -2.56. The predicted molar refractivity (Wildman–Crippen MR) is 88.6 cm³/mol. The fraction of sp³-hybridized carbons (Fsp3) is 0.562. The second-order valence-corrected chi connectivity index (χ2v) is 8.36. The van der Waals surface area contributed by atoms with Gasteiger partial charge < -0.3 is 10.1 Å². The van der Waals surface area contributed by atoms with Gasteiger partial charge in [-0.05, 0) is 30.2 Å². The summed E-state index contributed by atoms with van der Waals surface area (Å²) < 4.78 is 33.3. The number of nitrogens with one attached hydrogen (secondary N) is 2. The van der Waals surface area contributed by atoms with E-state index in [-0.39, 0.29) is 34.3 Å². The van der Waals surface area contributed by atoms with Gasteiger partial charge in [-0.2, -0.15) is 0 Å². The Bertz CT molecular complexity index is 683. The van der Waals surface area contributed by atoms with Gasteiger partial charge in [-0.15, -0.1) is 0 Å². The van der Waals surface area contributed by atoms with E-state index in [2.05, 4.69) is 10.0 Å². The molecule has 1 fully saturated rings. The molecule has 1 saturated carbocycles. The van der Waals surface area contributed by atoms with Crippen LogP contribution in [0.1, 0.15) is 27.7 Å². The molecule has 2 rings (SSSR count). The molecule has 7 heteroatoms. The van der Waals surface area contributed by atoms with Gasteiger partial charge in [-0.25, -0.2) is 13.1 Å². The van der Waals surface area contributed by atoms with Crippen LogP contribution in [0.3, 0.4) is 0 Å². The standard InChI is InChI=1S/C16H24N2O4S/c1-10-14(16(3,4)15(10)22-5)18-23(20,21)13-8-6-12(7-9-13)17-11(2)19/h6-10,14-15,18H,1-5H3,(H,17,19)/t10-,14-,15+/m0/s1. The number of sulfonamides is 1. The zero-order valence-electron chi connectivity index (χ0n) is 14.1. The van der Waals surface area contributed by atoms with E-state index in [1.165, 1.54) is 19.1 Å². The minimum Gasteiger partial charge on any atom is -0.380 e. The molecule has 1 aliphatic rings. The Morgan fingerprint density at radius 1 is 1.22 bits per heavy atom. The van der Waals surface area contributed by atoms with Gasteiger partial charge in [0.1, 0.15) is 0 Å². The molecule has 0 unspecified atom stereocenters. The van der Waals surface area contributed by atoms with Gasteiger partial charge in [-0.3, -0.25) is 4.79 Å². The highest BCUT2D eigenvalue weighted by molar-refractivity contribution is 7.89. The fourth-order valence-electron chi connectivity index (χ4n) is 3.52. The number of methoxy groups -OCH3 is 1. The van der Waals surface area contributed by atoms with E-state index in [0.29, 0.717) is 5.69 Å². The summed E-state index contributed by atoms with van der Waals surface area (Å²) in [5, 5.41) is 2.61. The van der Waals surface area contributed by atoms with Crippen LogP contribution in [0.2, 0.25) is 0 Å². The van der Waals surface area contributed by atoms with Crippen molar-refractivity contribution in [3.63, 3.8) is 0 Å². The molecule has 1 aliphatic carbocycles. The van der Waals surface area contributed by atoms with Crippen LogP contribution in [-0.2, 0) is 19.6 Å². The van der Waals surface area contributed by atoms with E-state index in [9.17, 15) is 13.2 Å². The van der Waals surface area contributed by atoms with Crippen LogP contribution in [-0.4, -0.2) is 33.6 Å². The number of carbonyl (C=O) groups is 1. The zero-order valence-corrected chi connectivity index (χ0v) is 14.9. The van der Waals surface area contributed by atoms with Crippen molar-refractivity contribution in [3.8, 4) is 0 Å². The monoisotopic (exact) mass is 340 g/mol. The molecule has 3 atom stereocenters. The first-order chi connectivity index (χ1) is 10.6. The molecule has 128 valence electrons. The van der Waals surface area contributed by atoms with Crippen molar-refractivity contribution in [2.45, 2.75) is 44.7 Å². The van der Waals surface area contributed by atoms with E-state index in [4.69, 9.17) is 4.74 Å². The van der Waals surface area contributed by atoms with Crippen molar-refractivity contribution in [2.24, 2.45) is 11.3 Å². The highest BCUT2D eigenvalue weighted by Gasteiger charge is 2.55. The van der Waals surface area contributed by atoms with Gasteiger partial charge in [0, 0.05) is 31.2 Å². The van der Waals surface area contributed by atoms with Crippen LogP contribution in [0.4, 0.5) is 5.69 Å². The molecule has 0 bridgehead atoms. The van der Waals surface area contributed by atoms with E-state index < -0.39 is 10.0 Å². The van der Waals surface area contributed by atoms with Gasteiger partial charge in [-0.1, -0.05) is 20.8 Å². The van der Waals surface area contributed by atoms with Gasteiger partial charge >= 0.3 is 0 Å². The minimum absolute atomic E-state index is 0.0253. The Morgan fingerprint density at radius 2 is 1.78 bits per heavy atom. The summed E-state index contributed by atoms with van der Waals surface area (Å²) >= 11 is 0.